The number of nitrogens with zero attached hydrogens (tertiary/aromatic N) is 3. The minimum atomic E-state index is -0.563. The van der Waals surface area contributed by atoms with E-state index in [1.54, 1.807) is 16.7 Å². The van der Waals surface area contributed by atoms with Gasteiger partial charge in [0.25, 0.3) is 5.91 Å². The highest BCUT2D eigenvalue weighted by molar-refractivity contribution is 5.93. The van der Waals surface area contributed by atoms with E-state index in [4.69, 9.17) is 9.15 Å². The second-order valence-corrected chi connectivity index (χ2v) is 6.80. The van der Waals surface area contributed by atoms with E-state index in [-0.39, 0.29) is 24.5 Å². The van der Waals surface area contributed by atoms with Crippen LogP contribution in [0.25, 0.3) is 0 Å². The first-order valence-electron chi connectivity index (χ1n) is 8.67. The van der Waals surface area contributed by atoms with Gasteiger partial charge < -0.3 is 19.0 Å². The molecule has 26 heavy (non-hydrogen) atoms. The molecular formula is C19H21N3O4. The Balaban J connectivity index is 1.67. The van der Waals surface area contributed by atoms with Crippen LogP contribution in [-0.2, 0) is 15.1 Å². The van der Waals surface area contributed by atoms with Gasteiger partial charge in [0.05, 0.1) is 5.54 Å². The number of oxazole rings is 1. The van der Waals surface area contributed by atoms with Crippen LogP contribution in [0, 0.1) is 6.92 Å². The van der Waals surface area contributed by atoms with Crippen LogP contribution in [0.1, 0.15) is 28.2 Å². The normalized spacial score (nSPS) is 25.9. The maximum atomic E-state index is 12.8. The molecule has 2 aliphatic heterocycles. The molecule has 0 aliphatic carbocycles. The number of amides is 2. The van der Waals surface area contributed by atoms with E-state index < -0.39 is 5.54 Å². The lowest BCUT2D eigenvalue weighted by molar-refractivity contribution is -0.180. The van der Waals surface area contributed by atoms with Gasteiger partial charge >= 0.3 is 0 Å². The summed E-state index contributed by atoms with van der Waals surface area (Å²) in [5, 5.41) is 0. The zero-order valence-electron chi connectivity index (χ0n) is 14.8. The molecule has 0 saturated carbocycles. The molecule has 7 heteroatoms. The molecule has 2 fully saturated rings. The molecule has 0 radical (unpaired) electrons. The van der Waals surface area contributed by atoms with Crippen LogP contribution in [-0.4, -0.2) is 59.4 Å². The molecule has 0 N–H and O–H groups in total. The minimum absolute atomic E-state index is 0.0285. The first kappa shape index (κ1) is 16.8. The van der Waals surface area contributed by atoms with E-state index in [9.17, 15) is 9.59 Å². The fourth-order valence-electron chi connectivity index (χ4n) is 4.07. The van der Waals surface area contributed by atoms with Crippen LogP contribution in [0.4, 0.5) is 0 Å². The Morgan fingerprint density at radius 3 is 2.77 bits per heavy atom. The number of aromatic nitrogens is 1. The molecule has 7 nitrogen and oxygen atoms in total. The van der Waals surface area contributed by atoms with E-state index in [0.29, 0.717) is 31.0 Å². The number of aryl methyl sites for hydroxylation is 1. The van der Waals surface area contributed by atoms with Gasteiger partial charge in [-0.2, -0.15) is 0 Å². The van der Waals surface area contributed by atoms with Crippen molar-refractivity contribution >= 4 is 11.8 Å². The Hall–Kier alpha value is -2.67. The lowest BCUT2D eigenvalue weighted by Gasteiger charge is -2.54. The molecule has 2 saturated heterocycles. The third-order valence-electron chi connectivity index (χ3n) is 5.57. The van der Waals surface area contributed by atoms with Crippen molar-refractivity contribution in [3.63, 3.8) is 0 Å². The Bertz CT molecular complexity index is 834. The number of hydrogen-bond acceptors (Lipinski definition) is 5. The van der Waals surface area contributed by atoms with E-state index >= 15 is 0 Å². The number of hydrogen-bond donors (Lipinski definition) is 0. The fraction of sp³-hybridized carbons (Fsp3) is 0.421. The number of rotatable bonds is 2. The second kappa shape index (κ2) is 6.25. The molecule has 2 atom stereocenters. The molecule has 136 valence electrons. The average molecular weight is 355 g/mol. The predicted octanol–water partition coefficient (Wildman–Crippen LogP) is 1.58. The maximum absolute atomic E-state index is 12.8. The molecule has 0 unspecified atom stereocenters. The monoisotopic (exact) mass is 355 g/mol. The summed E-state index contributed by atoms with van der Waals surface area (Å²) in [4.78, 5) is 32.7. The third-order valence-corrected chi connectivity index (χ3v) is 5.57. The molecule has 0 spiro atoms. The van der Waals surface area contributed by atoms with Crippen LogP contribution in [0.15, 0.2) is 41.1 Å². The topological polar surface area (TPSA) is 75.9 Å². The first-order valence-corrected chi connectivity index (χ1v) is 8.67. The number of carbonyl (C=O) groups excluding carboxylic acids is 2. The molecular weight excluding hydrogens is 334 g/mol. The quantitative estimate of drug-likeness (QED) is 0.818. The van der Waals surface area contributed by atoms with Crippen molar-refractivity contribution in [2.45, 2.75) is 25.0 Å². The number of benzene rings is 1. The van der Waals surface area contributed by atoms with Crippen molar-refractivity contribution in [1.29, 1.82) is 0 Å². The number of carbonyl (C=O) groups is 2. The van der Waals surface area contributed by atoms with Gasteiger partial charge in [-0.1, -0.05) is 30.3 Å². The SMILES string of the molecule is Cc1ocnc1C(=O)N1CC[C@]2(c3ccccc3)[C@@H](C1)OCC(=O)N2C. The summed E-state index contributed by atoms with van der Waals surface area (Å²) in [7, 11) is 1.82. The Morgan fingerprint density at radius 2 is 2.08 bits per heavy atom. The Morgan fingerprint density at radius 1 is 1.31 bits per heavy atom. The lowest BCUT2D eigenvalue weighted by Crippen LogP contribution is -2.67. The van der Waals surface area contributed by atoms with Crippen LogP contribution in [0.2, 0.25) is 0 Å². The number of likely N-dealkylation sites (tertiary alicyclic amines) is 1. The standard InChI is InChI=1S/C19H21N3O4/c1-13-17(20-12-26-13)18(24)22-9-8-19(14-6-4-3-5-7-14)15(10-22)25-11-16(23)21(19)2/h3-7,12,15H,8-11H2,1-2H3/t15-,19+/m1/s1. The zero-order valence-corrected chi connectivity index (χ0v) is 14.8. The summed E-state index contributed by atoms with van der Waals surface area (Å²) in [6.07, 6.45) is 1.59. The number of fused-ring (bicyclic) bond motifs is 1. The Labute approximate surface area is 151 Å². The van der Waals surface area contributed by atoms with Crippen molar-refractivity contribution in [2.24, 2.45) is 0 Å². The molecule has 2 aliphatic rings. The van der Waals surface area contributed by atoms with Crippen LogP contribution >= 0.6 is 0 Å². The summed E-state index contributed by atoms with van der Waals surface area (Å²) < 4.78 is 11.1. The smallest absolute Gasteiger partial charge is 0.276 e. The maximum Gasteiger partial charge on any atom is 0.276 e. The summed E-state index contributed by atoms with van der Waals surface area (Å²) in [5.74, 6) is 0.296. The van der Waals surface area contributed by atoms with Crippen LogP contribution in [0.5, 0.6) is 0 Å². The van der Waals surface area contributed by atoms with E-state index in [2.05, 4.69) is 4.98 Å². The van der Waals surface area contributed by atoms with E-state index in [1.807, 2.05) is 37.4 Å². The summed E-state index contributed by atoms with van der Waals surface area (Å²) in [5.41, 5.74) is 0.800. The molecule has 1 aromatic heterocycles. The fourth-order valence-corrected chi connectivity index (χ4v) is 4.07. The van der Waals surface area contributed by atoms with Gasteiger partial charge in [-0.05, 0) is 18.9 Å². The van der Waals surface area contributed by atoms with Gasteiger partial charge in [0, 0.05) is 20.1 Å². The number of likely N-dealkylation sites (N-methyl/N-ethyl adjacent to an activating group) is 1. The lowest BCUT2D eigenvalue weighted by atomic mass is 9.76. The first-order chi connectivity index (χ1) is 12.5. The highest BCUT2D eigenvalue weighted by atomic mass is 16.5. The van der Waals surface area contributed by atoms with Gasteiger partial charge in [-0.25, -0.2) is 4.98 Å². The Kier molecular flexibility index (Phi) is 4.03. The molecule has 4 rings (SSSR count). The number of piperidine rings is 1. The van der Waals surface area contributed by atoms with Crippen molar-refractivity contribution < 1.29 is 18.7 Å². The van der Waals surface area contributed by atoms with Crippen molar-refractivity contribution in [2.75, 3.05) is 26.7 Å². The van der Waals surface area contributed by atoms with Gasteiger partial charge in [-0.15, -0.1) is 0 Å². The largest absolute Gasteiger partial charge is 0.448 e. The highest BCUT2D eigenvalue weighted by Gasteiger charge is 2.53. The zero-order chi connectivity index (χ0) is 18.3. The molecule has 0 bridgehead atoms. The van der Waals surface area contributed by atoms with Crippen molar-refractivity contribution in [1.82, 2.24) is 14.8 Å². The molecule has 1 aromatic carbocycles. The predicted molar refractivity (Wildman–Crippen MR) is 92.4 cm³/mol. The van der Waals surface area contributed by atoms with Crippen LogP contribution in [0.3, 0.4) is 0 Å². The summed E-state index contributed by atoms with van der Waals surface area (Å²) in [6, 6.07) is 9.91. The van der Waals surface area contributed by atoms with Crippen LogP contribution < -0.4 is 0 Å². The summed E-state index contributed by atoms with van der Waals surface area (Å²) >= 11 is 0. The van der Waals surface area contributed by atoms with Crippen molar-refractivity contribution in [3.8, 4) is 0 Å². The van der Waals surface area contributed by atoms with Gasteiger partial charge in [0.1, 0.15) is 18.5 Å². The van der Waals surface area contributed by atoms with Crippen molar-refractivity contribution in [3.05, 3.63) is 53.7 Å². The van der Waals surface area contributed by atoms with Gasteiger partial charge in [-0.3, -0.25) is 9.59 Å². The second-order valence-electron chi connectivity index (χ2n) is 6.80. The molecule has 2 aromatic rings. The summed E-state index contributed by atoms with van der Waals surface area (Å²) in [6.45, 7) is 2.66. The number of ether oxygens (including phenoxy) is 1. The van der Waals surface area contributed by atoms with E-state index in [0.717, 1.165) is 5.56 Å². The highest BCUT2D eigenvalue weighted by Crippen LogP contribution is 2.42. The average Bonchev–Trinajstić information content (AvgIpc) is 3.10. The minimum Gasteiger partial charge on any atom is -0.448 e. The number of morpholine rings is 1. The van der Waals surface area contributed by atoms with Gasteiger partial charge in [0.15, 0.2) is 12.1 Å². The van der Waals surface area contributed by atoms with E-state index in [1.165, 1.54) is 6.39 Å². The molecule has 2 amide bonds. The van der Waals surface area contributed by atoms with Gasteiger partial charge in [0.2, 0.25) is 5.91 Å². The molecule has 3 heterocycles. The third kappa shape index (κ3) is 2.42.